The molecule has 0 bridgehead atoms. The van der Waals surface area contributed by atoms with Crippen molar-refractivity contribution < 1.29 is 14.3 Å². The first-order valence-electron chi connectivity index (χ1n) is 9.92. The van der Waals surface area contributed by atoms with Gasteiger partial charge in [0, 0.05) is 24.7 Å². The van der Waals surface area contributed by atoms with Crippen LogP contribution in [0.4, 0.5) is 0 Å². The number of carbonyl (C=O) groups is 2. The van der Waals surface area contributed by atoms with Gasteiger partial charge < -0.3 is 9.30 Å². The molecule has 0 saturated carbocycles. The molecule has 1 aliphatic heterocycles. The fourth-order valence-electron chi connectivity index (χ4n) is 3.90. The second-order valence-electron chi connectivity index (χ2n) is 7.28. The lowest BCUT2D eigenvalue weighted by Gasteiger charge is -2.15. The second kappa shape index (κ2) is 7.52. The van der Waals surface area contributed by atoms with Crippen molar-refractivity contribution in [2.24, 2.45) is 0 Å². The molecule has 0 aliphatic carbocycles. The van der Waals surface area contributed by atoms with Crippen LogP contribution in [0, 0.1) is 0 Å². The molecule has 0 atom stereocenters. The lowest BCUT2D eigenvalue weighted by molar-refractivity contribution is 0.0649. The number of hydrogen-bond acceptors (Lipinski definition) is 3. The molecule has 0 saturated heterocycles. The Hall–Kier alpha value is -3.86. The predicted octanol–water partition coefficient (Wildman–Crippen LogP) is 4.52. The van der Waals surface area contributed by atoms with E-state index in [0.717, 1.165) is 22.2 Å². The van der Waals surface area contributed by atoms with E-state index in [-0.39, 0.29) is 11.8 Å². The van der Waals surface area contributed by atoms with Gasteiger partial charge in [0.05, 0.1) is 16.6 Å². The molecule has 1 aliphatic rings. The van der Waals surface area contributed by atoms with Crippen LogP contribution < -0.4 is 4.74 Å². The van der Waals surface area contributed by atoms with Gasteiger partial charge in [-0.3, -0.25) is 14.5 Å². The van der Waals surface area contributed by atoms with Crippen LogP contribution in [0.5, 0.6) is 5.75 Å². The van der Waals surface area contributed by atoms with E-state index in [9.17, 15) is 9.59 Å². The molecular weight excluding hydrogens is 376 g/mol. The smallest absolute Gasteiger partial charge is 0.261 e. The highest BCUT2D eigenvalue weighted by Crippen LogP contribution is 2.28. The third kappa shape index (κ3) is 3.14. The molecule has 5 heteroatoms. The van der Waals surface area contributed by atoms with Gasteiger partial charge in [0.2, 0.25) is 0 Å². The van der Waals surface area contributed by atoms with Crippen LogP contribution in [-0.4, -0.2) is 27.8 Å². The van der Waals surface area contributed by atoms with Gasteiger partial charge in [-0.15, -0.1) is 0 Å². The Morgan fingerprint density at radius 2 is 1.40 bits per heavy atom. The fraction of sp³-hybridized carbons (Fsp3) is 0.120. The number of hydrogen-bond donors (Lipinski definition) is 0. The summed E-state index contributed by atoms with van der Waals surface area (Å²) >= 11 is 0. The maximum atomic E-state index is 12.6. The third-order valence-corrected chi connectivity index (χ3v) is 5.45. The van der Waals surface area contributed by atoms with E-state index in [0.29, 0.717) is 30.8 Å². The van der Waals surface area contributed by atoms with Crippen molar-refractivity contribution in [1.29, 1.82) is 0 Å². The summed E-state index contributed by atoms with van der Waals surface area (Å²) in [7, 11) is 0. The summed E-state index contributed by atoms with van der Waals surface area (Å²) in [6.45, 7) is 1.35. The van der Waals surface area contributed by atoms with E-state index in [1.54, 1.807) is 24.3 Å². The summed E-state index contributed by atoms with van der Waals surface area (Å²) in [6, 6.07) is 25.0. The lowest BCUT2D eigenvalue weighted by atomic mass is 10.1. The number of benzene rings is 3. The van der Waals surface area contributed by atoms with Crippen molar-refractivity contribution >= 4 is 22.7 Å². The summed E-state index contributed by atoms with van der Waals surface area (Å²) in [5.74, 6) is 0.369. The summed E-state index contributed by atoms with van der Waals surface area (Å²) < 4.78 is 8.09. The zero-order valence-corrected chi connectivity index (χ0v) is 16.3. The first-order chi connectivity index (χ1) is 14.7. The minimum Gasteiger partial charge on any atom is -0.488 e. The lowest BCUT2D eigenvalue weighted by Crippen LogP contribution is -2.32. The number of nitrogens with zero attached hydrogens (tertiary/aromatic N) is 2. The number of ether oxygens (including phenoxy) is 1. The molecule has 0 N–H and O–H groups in total. The van der Waals surface area contributed by atoms with Gasteiger partial charge in [0.25, 0.3) is 11.8 Å². The molecular formula is C25H20N2O3. The van der Waals surface area contributed by atoms with E-state index in [1.165, 1.54) is 4.90 Å². The Kier molecular flexibility index (Phi) is 4.56. The van der Waals surface area contributed by atoms with E-state index >= 15 is 0 Å². The number of aromatic nitrogens is 1. The maximum absolute atomic E-state index is 12.6. The zero-order chi connectivity index (χ0) is 20.5. The third-order valence-electron chi connectivity index (χ3n) is 5.45. The highest BCUT2D eigenvalue weighted by Gasteiger charge is 2.34. The van der Waals surface area contributed by atoms with Gasteiger partial charge in [-0.1, -0.05) is 48.5 Å². The largest absolute Gasteiger partial charge is 0.488 e. The number of amides is 2. The summed E-state index contributed by atoms with van der Waals surface area (Å²) in [5.41, 5.74) is 3.09. The molecule has 1 aromatic heterocycles. The van der Waals surface area contributed by atoms with Gasteiger partial charge in [-0.05, 0) is 35.9 Å². The van der Waals surface area contributed by atoms with Gasteiger partial charge in [-0.2, -0.15) is 0 Å². The first kappa shape index (κ1) is 18.2. The normalized spacial score (nSPS) is 13.1. The summed E-state index contributed by atoms with van der Waals surface area (Å²) in [5, 5.41) is 1.01. The number of fused-ring (bicyclic) bond motifs is 2. The average Bonchev–Trinajstić information content (AvgIpc) is 3.31. The molecule has 0 fully saturated rings. The molecule has 2 heterocycles. The van der Waals surface area contributed by atoms with Crippen molar-refractivity contribution in [3.63, 3.8) is 0 Å². The molecule has 3 aromatic carbocycles. The van der Waals surface area contributed by atoms with Crippen LogP contribution >= 0.6 is 0 Å². The summed E-state index contributed by atoms with van der Waals surface area (Å²) in [6.07, 6.45) is 1.97. The van der Waals surface area contributed by atoms with Crippen LogP contribution in [0.3, 0.4) is 0 Å². The highest BCUT2D eigenvalue weighted by atomic mass is 16.5. The van der Waals surface area contributed by atoms with Crippen LogP contribution in [0.1, 0.15) is 26.3 Å². The topological polar surface area (TPSA) is 51.5 Å². The van der Waals surface area contributed by atoms with Gasteiger partial charge in [0.15, 0.2) is 0 Å². The molecule has 5 rings (SSSR count). The second-order valence-corrected chi connectivity index (χ2v) is 7.28. The Bertz CT molecular complexity index is 1210. The van der Waals surface area contributed by atoms with Gasteiger partial charge in [0.1, 0.15) is 12.4 Å². The van der Waals surface area contributed by atoms with Crippen LogP contribution in [0.25, 0.3) is 10.9 Å². The van der Waals surface area contributed by atoms with Crippen LogP contribution in [-0.2, 0) is 13.2 Å². The van der Waals surface area contributed by atoms with Crippen molar-refractivity contribution in [3.05, 3.63) is 102 Å². The minimum atomic E-state index is -0.223. The molecule has 0 radical (unpaired) electrons. The highest BCUT2D eigenvalue weighted by molar-refractivity contribution is 6.21. The van der Waals surface area contributed by atoms with Crippen LogP contribution in [0.2, 0.25) is 0 Å². The van der Waals surface area contributed by atoms with E-state index in [4.69, 9.17) is 4.74 Å². The number of carbonyl (C=O) groups excluding carboxylic acids is 2. The SMILES string of the molecule is O=C1c2ccccc2C(=O)N1CCn1ccc2c(OCc3ccccc3)cccc21. The average molecular weight is 396 g/mol. The van der Waals surface area contributed by atoms with E-state index in [2.05, 4.69) is 0 Å². The number of rotatable bonds is 6. The molecule has 0 spiro atoms. The van der Waals surface area contributed by atoms with Crippen molar-refractivity contribution in [1.82, 2.24) is 9.47 Å². The van der Waals surface area contributed by atoms with Crippen molar-refractivity contribution in [2.75, 3.05) is 6.54 Å². The van der Waals surface area contributed by atoms with Crippen molar-refractivity contribution in [3.8, 4) is 5.75 Å². The molecule has 0 unspecified atom stereocenters. The quantitative estimate of drug-likeness (QED) is 0.451. The fourth-order valence-corrected chi connectivity index (χ4v) is 3.90. The zero-order valence-electron chi connectivity index (χ0n) is 16.3. The van der Waals surface area contributed by atoms with Gasteiger partial charge in [-0.25, -0.2) is 0 Å². The maximum Gasteiger partial charge on any atom is 0.261 e. The van der Waals surface area contributed by atoms with E-state index < -0.39 is 0 Å². The summed E-state index contributed by atoms with van der Waals surface area (Å²) in [4.78, 5) is 26.5. The standard InChI is InChI=1S/C25H20N2O3/c28-24-19-9-4-5-10-20(19)25(29)27(24)16-15-26-14-13-21-22(26)11-6-12-23(21)30-17-18-7-2-1-3-8-18/h1-14H,15-17H2. The van der Waals surface area contributed by atoms with Crippen molar-refractivity contribution in [2.45, 2.75) is 13.2 Å². The molecule has 2 amide bonds. The number of imide groups is 1. The van der Waals surface area contributed by atoms with Crippen LogP contribution in [0.15, 0.2) is 85.1 Å². The molecule has 5 nitrogen and oxygen atoms in total. The Morgan fingerprint density at radius 1 is 0.700 bits per heavy atom. The minimum absolute atomic E-state index is 0.223. The Morgan fingerprint density at radius 3 is 2.13 bits per heavy atom. The van der Waals surface area contributed by atoms with Gasteiger partial charge >= 0.3 is 0 Å². The Balaban J connectivity index is 1.33. The Labute approximate surface area is 174 Å². The molecule has 148 valence electrons. The molecule has 30 heavy (non-hydrogen) atoms. The monoisotopic (exact) mass is 396 g/mol. The predicted molar refractivity (Wildman–Crippen MR) is 115 cm³/mol. The van der Waals surface area contributed by atoms with E-state index in [1.807, 2.05) is 65.4 Å². The molecule has 4 aromatic rings. The first-order valence-corrected chi connectivity index (χ1v) is 9.92.